The lowest BCUT2D eigenvalue weighted by Gasteiger charge is -2.39. The monoisotopic (exact) mass is 430 g/mol. The number of nitrogens with zero attached hydrogens (tertiary/aromatic N) is 1. The predicted octanol–water partition coefficient (Wildman–Crippen LogP) is 2.59. The van der Waals surface area contributed by atoms with Gasteiger partial charge in [-0.1, -0.05) is 13.8 Å². The third-order valence-electron chi connectivity index (χ3n) is 3.98. The number of amides is 1. The van der Waals surface area contributed by atoms with E-state index < -0.39 is 36.1 Å². The molecule has 12 heteroatoms. The zero-order chi connectivity index (χ0) is 21.7. The Morgan fingerprint density at radius 3 is 2.59 bits per heavy atom. The van der Waals surface area contributed by atoms with E-state index in [0.29, 0.717) is 0 Å². The largest absolute Gasteiger partial charge is 0.530 e. The first-order valence-corrected chi connectivity index (χ1v) is 10.3. The number of hydrogen-bond donors (Lipinski definition) is 1. The first kappa shape index (κ1) is 22.8. The number of esters is 1. The fourth-order valence-electron chi connectivity index (χ4n) is 2.45. The number of rotatable bonds is 8. The number of carbonyl (C=O) groups is 2. The molecular formula is C17H23N2O9P. The summed E-state index contributed by atoms with van der Waals surface area (Å²) in [6.45, 7) is 5.24. The topological polar surface area (TPSA) is 143 Å². The maximum absolute atomic E-state index is 12.8. The molecule has 1 aromatic rings. The third kappa shape index (κ3) is 6.25. The molecule has 160 valence electrons. The number of ether oxygens (including phenoxy) is 1. The van der Waals surface area contributed by atoms with Crippen LogP contribution in [0.4, 0.5) is 5.69 Å². The van der Waals surface area contributed by atoms with Crippen LogP contribution in [-0.4, -0.2) is 42.7 Å². The molecule has 0 aliphatic carbocycles. The van der Waals surface area contributed by atoms with E-state index in [9.17, 15) is 24.3 Å². The van der Waals surface area contributed by atoms with Crippen LogP contribution in [0.1, 0.15) is 27.2 Å². The molecule has 2 atom stereocenters. The van der Waals surface area contributed by atoms with Crippen molar-refractivity contribution in [1.29, 1.82) is 0 Å². The summed E-state index contributed by atoms with van der Waals surface area (Å²) in [6.07, 6.45) is -1.18. The average molecular weight is 430 g/mol. The maximum atomic E-state index is 12.8. The van der Waals surface area contributed by atoms with Crippen LogP contribution in [0.15, 0.2) is 24.3 Å². The quantitative estimate of drug-likeness (QED) is 0.285. The second-order valence-corrected chi connectivity index (χ2v) is 8.43. The van der Waals surface area contributed by atoms with Gasteiger partial charge in [-0.3, -0.25) is 28.8 Å². The van der Waals surface area contributed by atoms with Crippen molar-refractivity contribution in [2.45, 2.75) is 33.3 Å². The van der Waals surface area contributed by atoms with Crippen molar-refractivity contribution < 1.29 is 37.4 Å². The second kappa shape index (κ2) is 9.34. The van der Waals surface area contributed by atoms with E-state index in [1.54, 1.807) is 20.8 Å². The van der Waals surface area contributed by atoms with Gasteiger partial charge in [-0.25, -0.2) is 4.57 Å². The molecule has 1 amide bonds. The Balaban J connectivity index is 2.03. The van der Waals surface area contributed by atoms with Crippen molar-refractivity contribution in [1.82, 2.24) is 5.32 Å². The van der Waals surface area contributed by atoms with E-state index >= 15 is 0 Å². The molecule has 1 N–H and O–H groups in total. The van der Waals surface area contributed by atoms with Gasteiger partial charge in [0.25, 0.3) is 11.6 Å². The van der Waals surface area contributed by atoms with E-state index in [-0.39, 0.29) is 37.6 Å². The summed E-state index contributed by atoms with van der Waals surface area (Å²) in [4.78, 5) is 34.0. The van der Waals surface area contributed by atoms with Crippen molar-refractivity contribution in [3.8, 4) is 5.75 Å². The number of phosphoric ester groups is 1. The Labute approximate surface area is 167 Å². The zero-order valence-corrected chi connectivity index (χ0v) is 17.2. The number of benzene rings is 1. The van der Waals surface area contributed by atoms with Gasteiger partial charge in [-0.2, -0.15) is 0 Å². The van der Waals surface area contributed by atoms with Gasteiger partial charge in [-0.05, 0) is 19.1 Å². The standard InChI is InChI=1S/C17H23N2O9P/c1-4-25-14(20)9-10-18-16(21)15-17(2,3)11-26-29(24,28-15)27-13-7-5-12(6-8-13)19(22)23/h5-8,15H,4,9-11H2,1-3H3,(H,18,21)/t15-,29?/m0/s1. The smallest absolute Gasteiger partial charge is 0.466 e. The van der Waals surface area contributed by atoms with Gasteiger partial charge in [-0.15, -0.1) is 0 Å². The van der Waals surface area contributed by atoms with Crippen molar-refractivity contribution in [3.63, 3.8) is 0 Å². The lowest BCUT2D eigenvalue weighted by molar-refractivity contribution is -0.384. The van der Waals surface area contributed by atoms with Crippen LogP contribution in [0.3, 0.4) is 0 Å². The molecule has 1 aromatic carbocycles. The van der Waals surface area contributed by atoms with Crippen molar-refractivity contribution in [2.24, 2.45) is 5.41 Å². The normalized spacial score (nSPS) is 23.1. The minimum absolute atomic E-state index is 0.0137. The van der Waals surface area contributed by atoms with Gasteiger partial charge in [0.1, 0.15) is 5.75 Å². The Hall–Kier alpha value is -2.49. The SMILES string of the molecule is CCOC(=O)CCNC(=O)[C@@H]1OP(=O)(Oc2ccc([N+](=O)[O-])cc2)OCC1(C)C. The Morgan fingerprint density at radius 1 is 1.34 bits per heavy atom. The van der Waals surface area contributed by atoms with Gasteiger partial charge in [0.15, 0.2) is 6.10 Å². The number of nitro benzene ring substituents is 1. The molecule has 0 bridgehead atoms. The van der Waals surface area contributed by atoms with Gasteiger partial charge in [0, 0.05) is 24.1 Å². The molecule has 11 nitrogen and oxygen atoms in total. The van der Waals surface area contributed by atoms with E-state index in [4.69, 9.17) is 18.3 Å². The summed E-state index contributed by atoms with van der Waals surface area (Å²) in [5, 5.41) is 13.3. The lowest BCUT2D eigenvalue weighted by atomic mass is 9.87. The molecule has 0 radical (unpaired) electrons. The summed E-state index contributed by atoms with van der Waals surface area (Å²) < 4.78 is 33.5. The molecule has 29 heavy (non-hydrogen) atoms. The molecule has 0 spiro atoms. The van der Waals surface area contributed by atoms with Gasteiger partial charge in [0.05, 0.1) is 24.6 Å². The minimum atomic E-state index is -4.15. The molecule has 1 aliphatic rings. The highest BCUT2D eigenvalue weighted by Crippen LogP contribution is 2.56. The number of nitrogens with one attached hydrogen (secondary N) is 1. The molecule has 1 unspecified atom stereocenters. The lowest BCUT2D eigenvalue weighted by Crippen LogP contribution is -2.50. The summed E-state index contributed by atoms with van der Waals surface area (Å²) in [7, 11) is -4.15. The van der Waals surface area contributed by atoms with Gasteiger partial charge < -0.3 is 14.6 Å². The van der Waals surface area contributed by atoms with Crippen LogP contribution in [0.5, 0.6) is 5.75 Å². The number of nitro groups is 1. The molecule has 0 aromatic heterocycles. The second-order valence-electron chi connectivity index (χ2n) is 6.88. The van der Waals surface area contributed by atoms with Gasteiger partial charge >= 0.3 is 13.8 Å². The fraction of sp³-hybridized carbons (Fsp3) is 0.529. The van der Waals surface area contributed by atoms with E-state index in [1.165, 1.54) is 24.3 Å². The highest BCUT2D eigenvalue weighted by molar-refractivity contribution is 7.49. The molecule has 1 heterocycles. The molecule has 2 rings (SSSR count). The van der Waals surface area contributed by atoms with Crippen molar-refractivity contribution >= 4 is 25.4 Å². The summed E-state index contributed by atoms with van der Waals surface area (Å²) in [5.41, 5.74) is -0.984. The first-order valence-electron chi connectivity index (χ1n) is 8.87. The molecule has 1 aliphatic heterocycles. The molecule has 1 fully saturated rings. The molecule has 1 saturated heterocycles. The highest BCUT2D eigenvalue weighted by Gasteiger charge is 2.49. The van der Waals surface area contributed by atoms with Crippen molar-refractivity contribution in [2.75, 3.05) is 19.8 Å². The Kier molecular flexibility index (Phi) is 7.34. The van der Waals surface area contributed by atoms with E-state index in [0.717, 1.165) is 0 Å². The summed E-state index contributed by atoms with van der Waals surface area (Å²) >= 11 is 0. The Bertz CT molecular complexity index is 810. The van der Waals surface area contributed by atoms with Crippen LogP contribution in [0.25, 0.3) is 0 Å². The van der Waals surface area contributed by atoms with Crippen LogP contribution in [-0.2, 0) is 27.9 Å². The average Bonchev–Trinajstić information content (AvgIpc) is 2.64. The number of carbonyl (C=O) groups excluding carboxylic acids is 2. The van der Waals surface area contributed by atoms with E-state index in [2.05, 4.69) is 5.32 Å². The van der Waals surface area contributed by atoms with Crippen LogP contribution < -0.4 is 9.84 Å². The Morgan fingerprint density at radius 2 is 2.00 bits per heavy atom. The zero-order valence-electron chi connectivity index (χ0n) is 16.3. The van der Waals surface area contributed by atoms with Crippen molar-refractivity contribution in [3.05, 3.63) is 34.4 Å². The minimum Gasteiger partial charge on any atom is -0.466 e. The summed E-state index contributed by atoms with van der Waals surface area (Å²) in [5.74, 6) is -0.998. The number of hydrogen-bond acceptors (Lipinski definition) is 9. The third-order valence-corrected chi connectivity index (χ3v) is 5.32. The number of non-ortho nitro benzene ring substituents is 1. The first-order chi connectivity index (χ1) is 13.6. The van der Waals surface area contributed by atoms with Gasteiger partial charge in [0.2, 0.25) is 0 Å². The maximum Gasteiger partial charge on any atom is 0.530 e. The highest BCUT2D eigenvalue weighted by atomic mass is 31.2. The number of phosphoric acid groups is 1. The predicted molar refractivity (Wildman–Crippen MR) is 100 cm³/mol. The van der Waals surface area contributed by atoms with Crippen LogP contribution in [0.2, 0.25) is 0 Å². The fourth-order valence-corrected chi connectivity index (χ4v) is 4.11. The molecule has 0 saturated carbocycles. The molecular weight excluding hydrogens is 407 g/mol. The van der Waals surface area contributed by atoms with Crippen LogP contribution in [0, 0.1) is 15.5 Å². The van der Waals surface area contributed by atoms with E-state index in [1.807, 2.05) is 0 Å². The van der Waals surface area contributed by atoms with Crippen LogP contribution >= 0.6 is 7.82 Å². The summed E-state index contributed by atoms with van der Waals surface area (Å²) in [6, 6.07) is 4.85.